The van der Waals surface area contributed by atoms with Crippen molar-refractivity contribution < 1.29 is 64.6 Å². The lowest BCUT2D eigenvalue weighted by molar-refractivity contribution is -0.383. The Morgan fingerprint density at radius 1 is 0.744 bits per heavy atom. The lowest BCUT2D eigenvalue weighted by atomic mass is 9.99. The molecule has 254 valence electrons. The van der Waals surface area contributed by atoms with Gasteiger partial charge in [-0.25, -0.2) is 0 Å². The minimum atomic E-state index is -2.26. The van der Waals surface area contributed by atoms with E-state index in [0.717, 1.165) is 64.2 Å². The summed E-state index contributed by atoms with van der Waals surface area (Å²) < 4.78 is 21.9. The lowest BCUT2D eigenvalue weighted by Crippen LogP contribution is -2.63. The maximum atomic E-state index is 12.7. The summed E-state index contributed by atoms with van der Waals surface area (Å²) in [4.78, 5) is 12.7. The third kappa shape index (κ3) is 11.7. The Bertz CT molecular complexity index is 756. The quantitative estimate of drug-likeness (QED) is 0.0605. The number of aliphatic hydroxyl groups excluding tert-OH is 8. The number of rotatable bonds is 22. The Balaban J connectivity index is 1.73. The summed E-state index contributed by atoms with van der Waals surface area (Å²) in [7, 11) is 0. The van der Waals surface area contributed by atoms with Gasteiger partial charge in [-0.05, 0) is 19.3 Å². The normalized spacial score (nSPS) is 33.5. The Kier molecular flexibility index (Phi) is 18.0. The molecule has 13 nitrogen and oxygen atoms in total. The van der Waals surface area contributed by atoms with Gasteiger partial charge < -0.3 is 59.8 Å². The summed E-state index contributed by atoms with van der Waals surface area (Å²) >= 11 is 0. The average Bonchev–Trinajstić information content (AvgIpc) is 3.26. The van der Waals surface area contributed by atoms with Gasteiger partial charge in [-0.1, -0.05) is 77.6 Å². The molecule has 0 radical (unpaired) electrons. The fourth-order valence-electron chi connectivity index (χ4n) is 5.64. The summed E-state index contributed by atoms with van der Waals surface area (Å²) in [5, 5.41) is 80.4. The molecule has 0 aromatic heterocycles. The van der Waals surface area contributed by atoms with E-state index in [1.807, 2.05) is 0 Å². The van der Waals surface area contributed by atoms with Crippen molar-refractivity contribution in [3.05, 3.63) is 0 Å². The molecule has 0 amide bonds. The van der Waals surface area contributed by atoms with Crippen molar-refractivity contribution in [2.24, 2.45) is 0 Å². The minimum Gasteiger partial charge on any atom is -0.454 e. The first kappa shape index (κ1) is 38.2. The minimum absolute atomic E-state index is 0.0325. The SMILES string of the molecule is CCCCCCC(O)CCCCCCCCCCC(=O)O[C@H]1[C@H](O)[C@@H](CO)O[C@@]1(CO)O[C@H]1O[C@H](CO)[C@@H](O)[C@H](O)[C@H]1O. The molecule has 0 bridgehead atoms. The predicted octanol–water partition coefficient (Wildman–Crippen LogP) is 0.388. The topological polar surface area (TPSA) is 216 Å². The second-order valence-corrected chi connectivity index (χ2v) is 11.9. The highest BCUT2D eigenvalue weighted by Crippen LogP contribution is 2.38. The van der Waals surface area contributed by atoms with E-state index in [0.29, 0.717) is 6.42 Å². The molecule has 2 rings (SSSR count). The number of carbonyl (C=O) groups excluding carboxylic acids is 1. The van der Waals surface area contributed by atoms with Crippen LogP contribution in [-0.2, 0) is 23.7 Å². The first-order valence-corrected chi connectivity index (χ1v) is 16.1. The molecule has 0 aromatic carbocycles. The molecular weight excluding hydrogens is 568 g/mol. The van der Waals surface area contributed by atoms with Crippen LogP contribution in [0.4, 0.5) is 0 Å². The van der Waals surface area contributed by atoms with E-state index in [9.17, 15) is 45.6 Å². The number of carbonyl (C=O) groups is 1. The van der Waals surface area contributed by atoms with Gasteiger partial charge in [0.15, 0.2) is 12.4 Å². The van der Waals surface area contributed by atoms with Gasteiger partial charge in [-0.2, -0.15) is 0 Å². The second kappa shape index (κ2) is 20.2. The number of hydrogen-bond donors (Lipinski definition) is 8. The molecule has 0 spiro atoms. The standard InChI is InChI=1S/C30H56O13/c1-2-3-4-11-14-20(34)15-12-9-7-5-6-8-10-13-16-23(35)41-28-25(37)22(18-32)42-30(28,19-33)43-29-27(39)26(38)24(36)21(17-31)40-29/h20-22,24-29,31-34,36-39H,2-19H2,1H3/t20?,21-,22-,24-,25-,26+,27-,28+,29-,30+/m1/s1. The van der Waals surface area contributed by atoms with Crippen molar-refractivity contribution >= 4 is 5.97 Å². The molecule has 0 aromatic rings. The van der Waals surface area contributed by atoms with Crippen molar-refractivity contribution in [2.45, 2.75) is 164 Å². The van der Waals surface area contributed by atoms with Crippen LogP contribution < -0.4 is 0 Å². The van der Waals surface area contributed by atoms with Crippen LogP contribution in [0.2, 0.25) is 0 Å². The van der Waals surface area contributed by atoms with Gasteiger partial charge in [-0.15, -0.1) is 0 Å². The zero-order valence-corrected chi connectivity index (χ0v) is 25.5. The molecule has 2 fully saturated rings. The molecule has 2 heterocycles. The third-order valence-corrected chi connectivity index (χ3v) is 8.36. The lowest BCUT2D eigenvalue weighted by Gasteiger charge is -2.43. The first-order chi connectivity index (χ1) is 20.6. The van der Waals surface area contributed by atoms with Gasteiger partial charge in [0.2, 0.25) is 5.79 Å². The van der Waals surface area contributed by atoms with E-state index in [4.69, 9.17) is 18.9 Å². The van der Waals surface area contributed by atoms with Crippen LogP contribution in [0.3, 0.4) is 0 Å². The summed E-state index contributed by atoms with van der Waals surface area (Å²) in [6, 6.07) is 0. The molecule has 2 aliphatic heterocycles. The number of aliphatic hydroxyl groups is 8. The first-order valence-electron chi connectivity index (χ1n) is 16.1. The van der Waals surface area contributed by atoms with Crippen LogP contribution in [0.25, 0.3) is 0 Å². The van der Waals surface area contributed by atoms with Crippen LogP contribution in [0.15, 0.2) is 0 Å². The van der Waals surface area contributed by atoms with Gasteiger partial charge in [0, 0.05) is 6.42 Å². The van der Waals surface area contributed by atoms with Crippen LogP contribution in [0.5, 0.6) is 0 Å². The fraction of sp³-hybridized carbons (Fsp3) is 0.967. The second-order valence-electron chi connectivity index (χ2n) is 11.9. The van der Waals surface area contributed by atoms with E-state index in [-0.39, 0.29) is 12.5 Å². The molecular formula is C30H56O13. The van der Waals surface area contributed by atoms with E-state index < -0.39 is 80.6 Å². The Hall–Kier alpha value is -0.970. The Morgan fingerprint density at radius 2 is 1.30 bits per heavy atom. The van der Waals surface area contributed by atoms with Crippen molar-refractivity contribution in [3.8, 4) is 0 Å². The smallest absolute Gasteiger partial charge is 0.306 e. The van der Waals surface area contributed by atoms with Gasteiger partial charge in [0.1, 0.15) is 43.2 Å². The van der Waals surface area contributed by atoms with Crippen molar-refractivity contribution in [1.82, 2.24) is 0 Å². The monoisotopic (exact) mass is 624 g/mol. The van der Waals surface area contributed by atoms with E-state index in [1.54, 1.807) is 0 Å². The van der Waals surface area contributed by atoms with Crippen LogP contribution >= 0.6 is 0 Å². The molecule has 2 aliphatic rings. The zero-order valence-electron chi connectivity index (χ0n) is 25.5. The Labute approximate surface area is 254 Å². The van der Waals surface area contributed by atoms with E-state index in [2.05, 4.69) is 6.92 Å². The number of ether oxygens (including phenoxy) is 4. The molecule has 1 unspecified atom stereocenters. The molecule has 2 saturated heterocycles. The summed E-state index contributed by atoms with van der Waals surface area (Å²) in [6.45, 7) is -0.224. The number of esters is 1. The van der Waals surface area contributed by atoms with Crippen molar-refractivity contribution in [1.29, 1.82) is 0 Å². The highest BCUT2D eigenvalue weighted by Gasteiger charge is 2.60. The summed E-state index contributed by atoms with van der Waals surface area (Å²) in [5.74, 6) is -2.95. The number of hydrogen-bond acceptors (Lipinski definition) is 13. The summed E-state index contributed by atoms with van der Waals surface area (Å²) in [6.07, 6.45) is 1.12. The van der Waals surface area contributed by atoms with Crippen molar-refractivity contribution in [3.63, 3.8) is 0 Å². The van der Waals surface area contributed by atoms with E-state index in [1.165, 1.54) is 19.3 Å². The molecule has 43 heavy (non-hydrogen) atoms. The van der Waals surface area contributed by atoms with E-state index >= 15 is 0 Å². The van der Waals surface area contributed by atoms with Gasteiger partial charge in [0.05, 0.1) is 19.3 Å². The van der Waals surface area contributed by atoms with Crippen LogP contribution in [-0.4, -0.2) is 128 Å². The fourth-order valence-corrected chi connectivity index (χ4v) is 5.64. The van der Waals surface area contributed by atoms with Crippen LogP contribution in [0, 0.1) is 0 Å². The maximum absolute atomic E-state index is 12.7. The molecule has 8 N–H and O–H groups in total. The highest BCUT2D eigenvalue weighted by molar-refractivity contribution is 5.69. The van der Waals surface area contributed by atoms with Gasteiger partial charge in [-0.3, -0.25) is 4.79 Å². The predicted molar refractivity (Wildman–Crippen MR) is 153 cm³/mol. The molecule has 13 heteroatoms. The Morgan fingerprint density at radius 3 is 1.86 bits per heavy atom. The van der Waals surface area contributed by atoms with Crippen molar-refractivity contribution in [2.75, 3.05) is 19.8 Å². The average molecular weight is 625 g/mol. The molecule has 0 saturated carbocycles. The molecule has 10 atom stereocenters. The summed E-state index contributed by atoms with van der Waals surface area (Å²) in [5.41, 5.74) is 0. The maximum Gasteiger partial charge on any atom is 0.306 e. The largest absolute Gasteiger partial charge is 0.454 e. The zero-order chi connectivity index (χ0) is 31.8. The van der Waals surface area contributed by atoms with Crippen LogP contribution in [0.1, 0.15) is 103 Å². The van der Waals surface area contributed by atoms with Gasteiger partial charge in [0.25, 0.3) is 0 Å². The number of unbranched alkanes of at least 4 members (excludes halogenated alkanes) is 10. The van der Waals surface area contributed by atoms with Gasteiger partial charge >= 0.3 is 5.97 Å². The highest BCUT2D eigenvalue weighted by atomic mass is 16.8. The molecule has 0 aliphatic carbocycles. The third-order valence-electron chi connectivity index (χ3n) is 8.36.